The Morgan fingerprint density at radius 2 is 2.42 bits per heavy atom. The van der Waals surface area contributed by atoms with Gasteiger partial charge in [0.1, 0.15) is 6.61 Å². The Labute approximate surface area is 117 Å². The predicted molar refractivity (Wildman–Crippen MR) is 79.2 cm³/mol. The van der Waals surface area contributed by atoms with E-state index in [1.165, 1.54) is 0 Å². The van der Waals surface area contributed by atoms with Crippen molar-refractivity contribution in [2.24, 2.45) is 5.92 Å². The first-order chi connectivity index (χ1) is 9.20. The van der Waals surface area contributed by atoms with Gasteiger partial charge in [-0.1, -0.05) is 17.9 Å². The highest BCUT2D eigenvalue weighted by Gasteiger charge is 2.23. The fourth-order valence-electron chi connectivity index (χ4n) is 1.98. The maximum Gasteiger partial charge on any atom is 0.228 e. The van der Waals surface area contributed by atoms with E-state index in [1.807, 2.05) is 36.9 Å². The number of carbonyl (C=O) groups is 1. The number of rotatable bonds is 2. The van der Waals surface area contributed by atoms with Crippen molar-refractivity contribution in [3.8, 4) is 11.8 Å². The van der Waals surface area contributed by atoms with Gasteiger partial charge in [-0.15, -0.1) is 0 Å². The molecular weight excluding hydrogens is 258 g/mol. The van der Waals surface area contributed by atoms with Crippen molar-refractivity contribution in [3.63, 3.8) is 0 Å². The number of carbonyl (C=O) groups excluding carboxylic acids is 1. The maximum absolute atomic E-state index is 12.1. The molecule has 1 unspecified atom stereocenters. The van der Waals surface area contributed by atoms with E-state index in [2.05, 4.69) is 17.2 Å². The van der Waals surface area contributed by atoms with Crippen LogP contribution in [0.3, 0.4) is 0 Å². The molecule has 0 saturated carbocycles. The molecule has 1 aliphatic heterocycles. The molecule has 0 aliphatic carbocycles. The molecule has 100 valence electrons. The van der Waals surface area contributed by atoms with Crippen molar-refractivity contribution >= 4 is 23.4 Å². The van der Waals surface area contributed by atoms with Crippen molar-refractivity contribution in [1.29, 1.82) is 0 Å². The van der Waals surface area contributed by atoms with Crippen LogP contribution in [0.1, 0.15) is 17.5 Å². The second-order valence-corrected chi connectivity index (χ2v) is 5.71. The van der Waals surface area contributed by atoms with E-state index in [0.717, 1.165) is 34.7 Å². The second-order valence-electron chi connectivity index (χ2n) is 4.56. The van der Waals surface area contributed by atoms with Gasteiger partial charge in [-0.2, -0.15) is 11.8 Å². The molecule has 0 radical (unpaired) electrons. The smallest absolute Gasteiger partial charge is 0.228 e. The summed E-state index contributed by atoms with van der Waals surface area (Å²) >= 11 is 1.82. The van der Waals surface area contributed by atoms with E-state index in [4.69, 9.17) is 5.11 Å². The van der Waals surface area contributed by atoms with Gasteiger partial charge >= 0.3 is 0 Å². The molecule has 3 nitrogen and oxygen atoms in total. The predicted octanol–water partition coefficient (Wildman–Crippen LogP) is 2.03. The lowest BCUT2D eigenvalue weighted by atomic mass is 10.1. The molecule has 1 saturated heterocycles. The topological polar surface area (TPSA) is 49.3 Å². The lowest BCUT2D eigenvalue weighted by Gasteiger charge is -2.12. The van der Waals surface area contributed by atoms with Gasteiger partial charge in [-0.3, -0.25) is 4.79 Å². The number of benzene rings is 1. The minimum atomic E-state index is -0.180. The van der Waals surface area contributed by atoms with Crippen LogP contribution < -0.4 is 5.32 Å². The van der Waals surface area contributed by atoms with Gasteiger partial charge in [0.15, 0.2) is 0 Å². The minimum absolute atomic E-state index is 0.0719. The summed E-state index contributed by atoms with van der Waals surface area (Å²) in [5, 5.41) is 11.7. The van der Waals surface area contributed by atoms with Crippen molar-refractivity contribution in [2.45, 2.75) is 13.3 Å². The molecule has 1 aliphatic rings. The van der Waals surface area contributed by atoms with E-state index in [0.29, 0.717) is 0 Å². The molecule has 2 N–H and O–H groups in total. The molecule has 1 aromatic rings. The third kappa shape index (κ3) is 3.76. The van der Waals surface area contributed by atoms with Crippen LogP contribution in [0, 0.1) is 24.7 Å². The molecule has 4 heteroatoms. The zero-order valence-electron chi connectivity index (χ0n) is 10.9. The zero-order chi connectivity index (χ0) is 13.7. The van der Waals surface area contributed by atoms with Crippen LogP contribution in [0.4, 0.5) is 5.69 Å². The largest absolute Gasteiger partial charge is 0.384 e. The van der Waals surface area contributed by atoms with Crippen LogP contribution in [0.25, 0.3) is 0 Å². The van der Waals surface area contributed by atoms with E-state index in [1.54, 1.807) is 0 Å². The van der Waals surface area contributed by atoms with Crippen LogP contribution in [-0.4, -0.2) is 29.1 Å². The van der Waals surface area contributed by atoms with E-state index in [-0.39, 0.29) is 18.4 Å². The molecule has 0 aromatic heterocycles. The summed E-state index contributed by atoms with van der Waals surface area (Å²) in [7, 11) is 0. The van der Waals surface area contributed by atoms with E-state index >= 15 is 0 Å². The normalized spacial score (nSPS) is 17.7. The number of hydrogen-bond acceptors (Lipinski definition) is 3. The zero-order valence-corrected chi connectivity index (χ0v) is 11.7. The number of aliphatic hydroxyl groups is 1. The van der Waals surface area contributed by atoms with E-state index in [9.17, 15) is 4.79 Å². The Balaban J connectivity index is 2.17. The summed E-state index contributed by atoms with van der Waals surface area (Å²) in [5.41, 5.74) is 2.56. The third-order valence-corrected chi connectivity index (χ3v) is 4.20. The van der Waals surface area contributed by atoms with Gasteiger partial charge in [0.25, 0.3) is 0 Å². The van der Waals surface area contributed by atoms with Gasteiger partial charge < -0.3 is 10.4 Å². The van der Waals surface area contributed by atoms with Crippen LogP contribution in [-0.2, 0) is 4.79 Å². The molecule has 1 fully saturated rings. The summed E-state index contributed by atoms with van der Waals surface area (Å²) in [4.78, 5) is 12.1. The molecule has 2 rings (SSSR count). The SMILES string of the molecule is Cc1ccc(C#CCO)c(NC(=O)C2CCSC2)c1. The van der Waals surface area contributed by atoms with Crippen LogP contribution >= 0.6 is 11.8 Å². The Morgan fingerprint density at radius 1 is 1.58 bits per heavy atom. The fourth-order valence-corrected chi connectivity index (χ4v) is 3.20. The number of aryl methyl sites for hydroxylation is 1. The molecule has 0 bridgehead atoms. The molecule has 1 heterocycles. The molecular formula is C15H17NO2S. The Kier molecular flexibility index (Phi) is 4.89. The van der Waals surface area contributed by atoms with Crippen LogP contribution in [0.15, 0.2) is 18.2 Å². The average molecular weight is 275 g/mol. The van der Waals surface area contributed by atoms with Gasteiger partial charge in [-0.05, 0) is 36.8 Å². The quantitative estimate of drug-likeness (QED) is 0.812. The lowest BCUT2D eigenvalue weighted by molar-refractivity contribution is -0.119. The molecule has 19 heavy (non-hydrogen) atoms. The average Bonchev–Trinajstić information content (AvgIpc) is 2.92. The Bertz CT molecular complexity index is 525. The number of amides is 1. The molecule has 1 atom stereocenters. The summed E-state index contributed by atoms with van der Waals surface area (Å²) in [6, 6.07) is 5.74. The third-order valence-electron chi connectivity index (χ3n) is 3.04. The standard InChI is InChI=1S/C15H17NO2S/c1-11-4-5-12(3-2-7-17)14(9-11)16-15(18)13-6-8-19-10-13/h4-5,9,13,17H,6-8,10H2,1H3,(H,16,18). The highest BCUT2D eigenvalue weighted by Crippen LogP contribution is 2.25. The fraction of sp³-hybridized carbons (Fsp3) is 0.400. The number of thioether (sulfide) groups is 1. The Morgan fingerprint density at radius 3 is 3.11 bits per heavy atom. The lowest BCUT2D eigenvalue weighted by Crippen LogP contribution is -2.22. The number of anilines is 1. The summed E-state index contributed by atoms with van der Waals surface area (Å²) in [6.45, 7) is 1.80. The van der Waals surface area contributed by atoms with Crippen molar-refractivity contribution < 1.29 is 9.90 Å². The number of hydrogen-bond donors (Lipinski definition) is 2. The number of nitrogens with one attached hydrogen (secondary N) is 1. The van der Waals surface area contributed by atoms with Gasteiger partial charge in [0, 0.05) is 17.2 Å². The van der Waals surface area contributed by atoms with Gasteiger partial charge in [-0.25, -0.2) is 0 Å². The highest BCUT2D eigenvalue weighted by atomic mass is 32.2. The van der Waals surface area contributed by atoms with Crippen molar-refractivity contribution in [1.82, 2.24) is 0 Å². The summed E-state index contributed by atoms with van der Waals surface area (Å²) in [6.07, 6.45) is 0.944. The molecule has 0 spiro atoms. The monoisotopic (exact) mass is 275 g/mol. The maximum atomic E-state index is 12.1. The van der Waals surface area contributed by atoms with E-state index < -0.39 is 0 Å². The van der Waals surface area contributed by atoms with Gasteiger partial charge in [0.05, 0.1) is 5.69 Å². The van der Waals surface area contributed by atoms with Crippen LogP contribution in [0.5, 0.6) is 0 Å². The summed E-state index contributed by atoms with van der Waals surface area (Å²) in [5.74, 6) is 7.61. The summed E-state index contributed by atoms with van der Waals surface area (Å²) < 4.78 is 0. The minimum Gasteiger partial charge on any atom is -0.384 e. The molecule has 1 amide bonds. The number of aliphatic hydroxyl groups excluding tert-OH is 1. The second kappa shape index (κ2) is 6.65. The first kappa shape index (κ1) is 14.0. The Hall–Kier alpha value is -1.44. The van der Waals surface area contributed by atoms with Crippen molar-refractivity contribution in [3.05, 3.63) is 29.3 Å². The first-order valence-corrected chi connectivity index (χ1v) is 7.45. The van der Waals surface area contributed by atoms with Crippen molar-refractivity contribution in [2.75, 3.05) is 23.4 Å². The molecule has 1 aromatic carbocycles. The van der Waals surface area contributed by atoms with Gasteiger partial charge in [0.2, 0.25) is 5.91 Å². The first-order valence-electron chi connectivity index (χ1n) is 6.29. The highest BCUT2D eigenvalue weighted by molar-refractivity contribution is 7.99. The van der Waals surface area contributed by atoms with Crippen LogP contribution in [0.2, 0.25) is 0 Å².